The molecule has 0 atom stereocenters. The first-order valence-corrected chi connectivity index (χ1v) is 6.41. The van der Waals surface area contributed by atoms with Crippen LogP contribution in [-0.2, 0) is 9.53 Å². The number of hydrogen-bond donors (Lipinski definition) is 1. The van der Waals surface area contributed by atoms with Crippen molar-refractivity contribution in [2.45, 2.75) is 26.3 Å². The smallest absolute Gasteiger partial charge is 0.330 e. The molecule has 0 saturated carbocycles. The lowest BCUT2D eigenvalue weighted by Crippen LogP contribution is -2.50. The second kappa shape index (κ2) is 5.86. The first-order chi connectivity index (χ1) is 8.42. The summed E-state index contributed by atoms with van der Waals surface area (Å²) in [7, 11) is 1.28. The normalized spacial score (nSPS) is 10.9. The second-order valence-corrected chi connectivity index (χ2v) is 5.03. The number of hydrogen-bond acceptors (Lipinski definition) is 5. The van der Waals surface area contributed by atoms with Gasteiger partial charge in [-0.1, -0.05) is 0 Å². The fourth-order valence-corrected chi connectivity index (χ4v) is 2.11. The number of thiophene rings is 1. The van der Waals surface area contributed by atoms with E-state index in [1.165, 1.54) is 18.4 Å². The zero-order valence-corrected chi connectivity index (χ0v) is 11.7. The van der Waals surface area contributed by atoms with Crippen LogP contribution in [0, 0.1) is 0 Å². The molecule has 100 valence electrons. The maximum atomic E-state index is 12.0. The second-order valence-electron chi connectivity index (χ2n) is 4.12. The van der Waals surface area contributed by atoms with Crippen LogP contribution in [0.2, 0.25) is 0 Å². The summed E-state index contributed by atoms with van der Waals surface area (Å²) in [6.07, 6.45) is 0. The molecule has 5 nitrogen and oxygen atoms in total. The van der Waals surface area contributed by atoms with Gasteiger partial charge < -0.3 is 14.8 Å². The van der Waals surface area contributed by atoms with E-state index in [1.807, 2.05) is 6.92 Å². The van der Waals surface area contributed by atoms with Crippen LogP contribution in [0.1, 0.15) is 30.4 Å². The monoisotopic (exact) mass is 271 g/mol. The lowest BCUT2D eigenvalue weighted by molar-refractivity contribution is -0.146. The predicted molar refractivity (Wildman–Crippen MR) is 69.0 cm³/mol. The minimum Gasteiger partial charge on any atom is -0.492 e. The van der Waals surface area contributed by atoms with Gasteiger partial charge in [0.15, 0.2) is 0 Å². The van der Waals surface area contributed by atoms with Crippen molar-refractivity contribution in [3.05, 3.63) is 16.3 Å². The van der Waals surface area contributed by atoms with Gasteiger partial charge in [0.05, 0.1) is 13.7 Å². The molecule has 0 fully saturated rings. The highest BCUT2D eigenvalue weighted by molar-refractivity contribution is 7.12. The number of methoxy groups -OCH3 is 1. The fraction of sp³-hybridized carbons (Fsp3) is 0.500. The molecule has 1 aromatic rings. The highest BCUT2D eigenvalue weighted by Crippen LogP contribution is 2.25. The van der Waals surface area contributed by atoms with Crippen LogP contribution >= 0.6 is 11.3 Å². The number of rotatable bonds is 5. The Labute approximate surface area is 110 Å². The van der Waals surface area contributed by atoms with E-state index in [4.69, 9.17) is 4.74 Å². The molecule has 1 aromatic heterocycles. The molecular weight excluding hydrogens is 254 g/mol. The van der Waals surface area contributed by atoms with Crippen LogP contribution < -0.4 is 10.1 Å². The summed E-state index contributed by atoms with van der Waals surface area (Å²) < 4.78 is 9.96. The number of esters is 1. The van der Waals surface area contributed by atoms with E-state index in [9.17, 15) is 9.59 Å². The average Bonchev–Trinajstić information content (AvgIpc) is 2.76. The maximum absolute atomic E-state index is 12.0. The van der Waals surface area contributed by atoms with Crippen LogP contribution in [-0.4, -0.2) is 31.1 Å². The summed E-state index contributed by atoms with van der Waals surface area (Å²) in [5.41, 5.74) is -1.07. The van der Waals surface area contributed by atoms with E-state index < -0.39 is 11.5 Å². The standard InChI is InChI=1S/C12H17NO4S/c1-5-17-8-6-7-18-9(8)10(14)13-12(2,3)11(15)16-4/h6-7H,5H2,1-4H3,(H,13,14). The van der Waals surface area contributed by atoms with Crippen molar-refractivity contribution in [1.29, 1.82) is 0 Å². The van der Waals surface area contributed by atoms with Gasteiger partial charge in [-0.15, -0.1) is 11.3 Å². The molecular formula is C12H17NO4S. The molecule has 0 spiro atoms. The molecule has 1 heterocycles. The predicted octanol–water partition coefficient (Wildman–Crippen LogP) is 1.83. The summed E-state index contributed by atoms with van der Waals surface area (Å²) in [5, 5.41) is 4.39. The lowest BCUT2D eigenvalue weighted by atomic mass is 10.1. The Morgan fingerprint density at radius 1 is 1.44 bits per heavy atom. The SMILES string of the molecule is CCOc1ccsc1C(=O)NC(C)(C)C(=O)OC. The molecule has 1 rings (SSSR count). The Balaban J connectivity index is 2.82. The van der Waals surface area contributed by atoms with Crippen LogP contribution in [0.25, 0.3) is 0 Å². The molecule has 0 radical (unpaired) electrons. The Kier molecular flexibility index (Phi) is 4.72. The Morgan fingerprint density at radius 2 is 2.11 bits per heavy atom. The van der Waals surface area contributed by atoms with Gasteiger partial charge in [0.1, 0.15) is 16.2 Å². The average molecular weight is 271 g/mol. The van der Waals surface area contributed by atoms with Gasteiger partial charge in [-0.05, 0) is 32.2 Å². The third-order valence-corrected chi connectivity index (χ3v) is 3.15. The molecule has 6 heteroatoms. The number of amides is 1. The summed E-state index contributed by atoms with van der Waals surface area (Å²) in [6, 6.07) is 1.73. The Morgan fingerprint density at radius 3 is 2.67 bits per heavy atom. The van der Waals surface area contributed by atoms with E-state index in [0.29, 0.717) is 17.2 Å². The Hall–Kier alpha value is -1.56. The van der Waals surface area contributed by atoms with E-state index >= 15 is 0 Å². The van der Waals surface area contributed by atoms with Crippen molar-refractivity contribution in [3.63, 3.8) is 0 Å². The number of carbonyl (C=O) groups is 2. The summed E-state index contributed by atoms with van der Waals surface area (Å²) in [6.45, 7) is 5.50. The van der Waals surface area contributed by atoms with E-state index in [-0.39, 0.29) is 5.91 Å². The summed E-state index contributed by atoms with van der Waals surface area (Å²) >= 11 is 1.27. The molecule has 0 saturated heterocycles. The van der Waals surface area contributed by atoms with Gasteiger partial charge in [0.2, 0.25) is 0 Å². The van der Waals surface area contributed by atoms with Gasteiger partial charge in [0, 0.05) is 0 Å². The molecule has 0 aromatic carbocycles. The van der Waals surface area contributed by atoms with E-state index in [0.717, 1.165) is 0 Å². The van der Waals surface area contributed by atoms with Crippen LogP contribution in [0.15, 0.2) is 11.4 Å². The minimum absolute atomic E-state index is 0.344. The highest BCUT2D eigenvalue weighted by Gasteiger charge is 2.32. The van der Waals surface area contributed by atoms with Gasteiger partial charge in [-0.25, -0.2) is 4.79 Å². The van der Waals surface area contributed by atoms with Gasteiger partial charge in [0.25, 0.3) is 5.91 Å². The Bertz CT molecular complexity index is 439. The summed E-state index contributed by atoms with van der Waals surface area (Å²) in [5.74, 6) is -0.310. The third kappa shape index (κ3) is 3.22. The number of ether oxygens (including phenoxy) is 2. The zero-order valence-electron chi connectivity index (χ0n) is 10.9. The lowest BCUT2D eigenvalue weighted by Gasteiger charge is -2.22. The number of carbonyl (C=O) groups excluding carboxylic acids is 2. The van der Waals surface area contributed by atoms with Gasteiger partial charge >= 0.3 is 5.97 Å². The maximum Gasteiger partial charge on any atom is 0.330 e. The van der Waals surface area contributed by atoms with Crippen LogP contribution in [0.3, 0.4) is 0 Å². The highest BCUT2D eigenvalue weighted by atomic mass is 32.1. The molecule has 0 aliphatic carbocycles. The van der Waals surface area contributed by atoms with Crippen molar-refractivity contribution in [2.75, 3.05) is 13.7 Å². The van der Waals surface area contributed by atoms with Gasteiger partial charge in [-0.2, -0.15) is 0 Å². The van der Waals surface area contributed by atoms with Crippen molar-refractivity contribution in [1.82, 2.24) is 5.32 Å². The molecule has 1 N–H and O–H groups in total. The largest absolute Gasteiger partial charge is 0.492 e. The zero-order chi connectivity index (χ0) is 13.8. The van der Waals surface area contributed by atoms with Crippen molar-refractivity contribution < 1.29 is 19.1 Å². The molecule has 1 amide bonds. The topological polar surface area (TPSA) is 64.6 Å². The van der Waals surface area contributed by atoms with Crippen LogP contribution in [0.5, 0.6) is 5.75 Å². The molecule has 0 aliphatic rings. The molecule has 0 unspecified atom stereocenters. The molecule has 18 heavy (non-hydrogen) atoms. The molecule has 0 aliphatic heterocycles. The van der Waals surface area contributed by atoms with Crippen molar-refractivity contribution >= 4 is 23.2 Å². The quantitative estimate of drug-likeness (QED) is 0.830. The third-order valence-electron chi connectivity index (χ3n) is 2.26. The first kappa shape index (κ1) is 14.5. The van der Waals surface area contributed by atoms with Crippen LogP contribution in [0.4, 0.5) is 0 Å². The first-order valence-electron chi connectivity index (χ1n) is 5.53. The van der Waals surface area contributed by atoms with Crippen molar-refractivity contribution in [2.24, 2.45) is 0 Å². The van der Waals surface area contributed by atoms with Gasteiger partial charge in [-0.3, -0.25) is 4.79 Å². The van der Waals surface area contributed by atoms with Crippen molar-refractivity contribution in [3.8, 4) is 5.75 Å². The summed E-state index contributed by atoms with van der Waals surface area (Å²) in [4.78, 5) is 24.0. The number of nitrogens with one attached hydrogen (secondary N) is 1. The van der Waals surface area contributed by atoms with E-state index in [1.54, 1.807) is 25.3 Å². The van der Waals surface area contributed by atoms with E-state index in [2.05, 4.69) is 10.1 Å². The minimum atomic E-state index is -1.07. The molecule has 0 bridgehead atoms. The fourth-order valence-electron chi connectivity index (χ4n) is 1.38.